The van der Waals surface area contributed by atoms with E-state index in [1.54, 1.807) is 13.8 Å². The molecule has 0 spiro atoms. The topological polar surface area (TPSA) is 84.5 Å². The van der Waals surface area contributed by atoms with Crippen LogP contribution in [-0.4, -0.2) is 37.5 Å². The molecular weight excluding hydrogens is 272 g/mol. The fraction of sp³-hybridized carbons (Fsp3) is 0.400. The van der Waals surface area contributed by atoms with E-state index >= 15 is 0 Å². The van der Waals surface area contributed by atoms with Gasteiger partial charge >= 0.3 is 5.97 Å². The zero-order chi connectivity index (χ0) is 16.0. The SMILES string of the molecule is C=CCNC(=O)C1=C(C(=O)NCC=C)C(C)(C)COC1=O. The van der Waals surface area contributed by atoms with Crippen LogP contribution >= 0.6 is 0 Å². The molecule has 21 heavy (non-hydrogen) atoms. The minimum atomic E-state index is -0.792. The van der Waals surface area contributed by atoms with Crippen molar-refractivity contribution in [2.45, 2.75) is 13.8 Å². The lowest BCUT2D eigenvalue weighted by molar-refractivity contribution is -0.146. The standard InChI is InChI=1S/C15H20N2O4/c1-5-7-16-12(18)10-11(13(19)17-8-6-2)15(3,4)9-21-14(10)20/h5-6H,1-2,7-9H2,3-4H3,(H,16,18)(H,17,19). The van der Waals surface area contributed by atoms with Gasteiger partial charge in [0.15, 0.2) is 0 Å². The van der Waals surface area contributed by atoms with Crippen LogP contribution in [0.5, 0.6) is 0 Å². The van der Waals surface area contributed by atoms with Crippen LogP contribution < -0.4 is 10.6 Å². The first-order chi connectivity index (χ1) is 9.85. The van der Waals surface area contributed by atoms with Crippen molar-refractivity contribution < 1.29 is 19.1 Å². The number of carbonyl (C=O) groups excluding carboxylic acids is 3. The highest BCUT2D eigenvalue weighted by molar-refractivity contribution is 6.22. The number of hydrogen-bond donors (Lipinski definition) is 2. The van der Waals surface area contributed by atoms with Gasteiger partial charge in [0.05, 0.1) is 0 Å². The Morgan fingerprint density at radius 3 is 2.24 bits per heavy atom. The molecule has 2 N–H and O–H groups in total. The van der Waals surface area contributed by atoms with Gasteiger partial charge in [0.2, 0.25) is 5.91 Å². The van der Waals surface area contributed by atoms with E-state index in [4.69, 9.17) is 4.74 Å². The van der Waals surface area contributed by atoms with Crippen LogP contribution in [0.3, 0.4) is 0 Å². The summed E-state index contributed by atoms with van der Waals surface area (Å²) in [6.45, 7) is 11.0. The molecule has 0 saturated heterocycles. The molecule has 114 valence electrons. The maximum atomic E-state index is 12.3. The van der Waals surface area contributed by atoms with Crippen molar-refractivity contribution in [2.24, 2.45) is 5.41 Å². The molecule has 6 heteroatoms. The van der Waals surface area contributed by atoms with Crippen LogP contribution in [0, 0.1) is 5.41 Å². The molecule has 1 heterocycles. The summed E-state index contributed by atoms with van der Waals surface area (Å²) in [6.07, 6.45) is 3.00. The molecule has 0 aromatic carbocycles. The first kappa shape index (κ1) is 16.7. The Morgan fingerprint density at radius 2 is 1.71 bits per heavy atom. The van der Waals surface area contributed by atoms with Crippen molar-refractivity contribution in [2.75, 3.05) is 19.7 Å². The van der Waals surface area contributed by atoms with Crippen LogP contribution in [0.15, 0.2) is 36.5 Å². The number of cyclic esters (lactones) is 1. The van der Waals surface area contributed by atoms with Crippen molar-refractivity contribution in [3.8, 4) is 0 Å². The van der Waals surface area contributed by atoms with Crippen LogP contribution in [-0.2, 0) is 19.1 Å². The Morgan fingerprint density at radius 1 is 1.19 bits per heavy atom. The molecule has 6 nitrogen and oxygen atoms in total. The number of nitrogens with one attached hydrogen (secondary N) is 2. The lowest BCUT2D eigenvalue weighted by Crippen LogP contribution is -2.44. The second-order valence-corrected chi connectivity index (χ2v) is 5.21. The molecule has 1 aliphatic rings. The Labute approximate surface area is 123 Å². The summed E-state index contributed by atoms with van der Waals surface area (Å²) in [4.78, 5) is 36.3. The maximum Gasteiger partial charge on any atom is 0.344 e. The fourth-order valence-corrected chi connectivity index (χ4v) is 1.96. The first-order valence-corrected chi connectivity index (χ1v) is 6.55. The first-order valence-electron chi connectivity index (χ1n) is 6.55. The molecule has 0 aromatic heterocycles. The van der Waals surface area contributed by atoms with E-state index in [9.17, 15) is 14.4 Å². The third kappa shape index (κ3) is 3.81. The number of esters is 1. The highest BCUT2D eigenvalue weighted by Gasteiger charge is 2.42. The average Bonchev–Trinajstić information content (AvgIpc) is 2.44. The molecule has 1 rings (SSSR count). The summed E-state index contributed by atoms with van der Waals surface area (Å²) >= 11 is 0. The second-order valence-electron chi connectivity index (χ2n) is 5.21. The number of amides is 2. The number of hydrogen-bond acceptors (Lipinski definition) is 4. The summed E-state index contributed by atoms with van der Waals surface area (Å²) in [5.74, 6) is -1.91. The van der Waals surface area contributed by atoms with E-state index in [0.29, 0.717) is 0 Å². The third-order valence-corrected chi connectivity index (χ3v) is 2.96. The Bertz CT molecular complexity index is 518. The molecule has 0 fully saturated rings. The molecule has 0 radical (unpaired) electrons. The Balaban J connectivity index is 3.26. The van der Waals surface area contributed by atoms with E-state index in [1.807, 2.05) is 0 Å². The molecule has 0 aliphatic carbocycles. The van der Waals surface area contributed by atoms with Gasteiger partial charge in [0.25, 0.3) is 5.91 Å². The van der Waals surface area contributed by atoms with E-state index in [-0.39, 0.29) is 30.8 Å². The van der Waals surface area contributed by atoms with Gasteiger partial charge < -0.3 is 15.4 Å². The zero-order valence-corrected chi connectivity index (χ0v) is 12.3. The summed E-state index contributed by atoms with van der Waals surface area (Å²) in [5.41, 5.74) is -0.878. The van der Waals surface area contributed by atoms with Gasteiger partial charge in [-0.25, -0.2) is 4.79 Å². The van der Waals surface area contributed by atoms with E-state index in [0.717, 1.165) is 0 Å². The smallest absolute Gasteiger partial charge is 0.344 e. The quantitative estimate of drug-likeness (QED) is 0.423. The molecule has 0 unspecified atom stereocenters. The predicted molar refractivity (Wildman–Crippen MR) is 78.2 cm³/mol. The highest BCUT2D eigenvalue weighted by Crippen LogP contribution is 2.34. The molecule has 0 bridgehead atoms. The highest BCUT2D eigenvalue weighted by atomic mass is 16.5. The molecule has 0 saturated carbocycles. The number of rotatable bonds is 6. The molecule has 2 amide bonds. The average molecular weight is 292 g/mol. The normalized spacial score (nSPS) is 16.8. The second kappa shape index (κ2) is 6.88. The molecule has 1 aliphatic heterocycles. The van der Waals surface area contributed by atoms with Crippen LogP contribution in [0.25, 0.3) is 0 Å². The monoisotopic (exact) mass is 292 g/mol. The largest absolute Gasteiger partial charge is 0.461 e. The fourth-order valence-electron chi connectivity index (χ4n) is 1.96. The summed E-state index contributed by atoms with van der Waals surface area (Å²) in [7, 11) is 0. The molecule has 0 aromatic rings. The number of ether oxygens (including phenoxy) is 1. The molecular formula is C15H20N2O4. The van der Waals surface area contributed by atoms with Crippen molar-refractivity contribution in [3.05, 3.63) is 36.5 Å². The van der Waals surface area contributed by atoms with Gasteiger partial charge in [-0.05, 0) is 0 Å². The van der Waals surface area contributed by atoms with Crippen molar-refractivity contribution >= 4 is 17.8 Å². The van der Waals surface area contributed by atoms with Crippen molar-refractivity contribution in [3.63, 3.8) is 0 Å². The Hall–Kier alpha value is -2.37. The Kier molecular flexibility index (Phi) is 5.46. The maximum absolute atomic E-state index is 12.3. The van der Waals surface area contributed by atoms with Crippen molar-refractivity contribution in [1.82, 2.24) is 10.6 Å². The van der Waals surface area contributed by atoms with Crippen LogP contribution in [0.1, 0.15) is 13.8 Å². The minimum absolute atomic E-state index is 0.0426. The van der Waals surface area contributed by atoms with Gasteiger partial charge in [-0.2, -0.15) is 0 Å². The van der Waals surface area contributed by atoms with Crippen molar-refractivity contribution in [1.29, 1.82) is 0 Å². The summed E-state index contributed by atoms with van der Waals surface area (Å²) < 4.78 is 5.01. The van der Waals surface area contributed by atoms with Gasteiger partial charge in [-0.1, -0.05) is 26.0 Å². The van der Waals surface area contributed by atoms with Gasteiger partial charge in [0.1, 0.15) is 12.2 Å². The summed E-state index contributed by atoms with van der Waals surface area (Å²) in [6, 6.07) is 0. The lowest BCUT2D eigenvalue weighted by atomic mass is 9.79. The summed E-state index contributed by atoms with van der Waals surface area (Å²) in [5, 5.41) is 5.09. The van der Waals surface area contributed by atoms with Crippen LogP contribution in [0.2, 0.25) is 0 Å². The lowest BCUT2D eigenvalue weighted by Gasteiger charge is -2.32. The molecule has 0 atom stereocenters. The zero-order valence-electron chi connectivity index (χ0n) is 12.3. The third-order valence-electron chi connectivity index (χ3n) is 2.96. The van der Waals surface area contributed by atoms with E-state index in [1.165, 1.54) is 12.2 Å². The van der Waals surface area contributed by atoms with Gasteiger partial charge in [0, 0.05) is 24.1 Å². The minimum Gasteiger partial charge on any atom is -0.461 e. The van der Waals surface area contributed by atoms with E-state index < -0.39 is 23.2 Å². The van der Waals surface area contributed by atoms with E-state index in [2.05, 4.69) is 23.8 Å². The number of carbonyl (C=O) groups is 3. The predicted octanol–water partition coefficient (Wildman–Crippen LogP) is 0.470. The van der Waals surface area contributed by atoms with Gasteiger partial charge in [-0.3, -0.25) is 9.59 Å². The van der Waals surface area contributed by atoms with Crippen LogP contribution in [0.4, 0.5) is 0 Å². The van der Waals surface area contributed by atoms with Gasteiger partial charge in [-0.15, -0.1) is 13.2 Å².